The maximum atomic E-state index is 15.2. The maximum absolute atomic E-state index is 15.2. The zero-order chi connectivity index (χ0) is 18.6. The van der Waals surface area contributed by atoms with E-state index in [1.54, 1.807) is 6.07 Å². The highest BCUT2D eigenvalue weighted by atomic mass is 35.5. The average Bonchev–Trinajstić information content (AvgIpc) is 2.85. The molecule has 3 heterocycles. The van der Waals surface area contributed by atoms with Crippen molar-refractivity contribution in [2.75, 3.05) is 19.9 Å². The second-order valence-electron chi connectivity index (χ2n) is 6.77. The van der Waals surface area contributed by atoms with Gasteiger partial charge in [0, 0.05) is 40.9 Å². The molecule has 2 N–H and O–H groups in total. The Kier molecular flexibility index (Phi) is 4.02. The fraction of sp³-hybridized carbons (Fsp3) is 0.368. The van der Waals surface area contributed by atoms with Crippen LogP contribution >= 0.6 is 11.6 Å². The summed E-state index contributed by atoms with van der Waals surface area (Å²) in [7, 11) is 3.45. The molecule has 0 radical (unpaired) electrons. The minimum atomic E-state index is -0.591. The Balaban J connectivity index is 2.10. The molecule has 134 valence electrons. The molecule has 1 aromatic carbocycles. The molecule has 2 bridgehead atoms. The maximum Gasteiger partial charge on any atom is 0.174 e. The SMILES string of the molecule is COc1ccc(Cl)c(-c2c(C#N)c(N)nc3c2[C@H]2CC[C@@H](C3)N2C)c1F. The Labute approximate surface area is 156 Å². The molecule has 0 saturated carbocycles. The fourth-order valence-corrected chi connectivity index (χ4v) is 4.55. The molecule has 0 aliphatic carbocycles. The van der Waals surface area contributed by atoms with Gasteiger partial charge in [0.25, 0.3) is 0 Å². The zero-order valence-corrected chi connectivity index (χ0v) is 15.3. The van der Waals surface area contributed by atoms with Crippen molar-refractivity contribution in [2.24, 2.45) is 0 Å². The summed E-state index contributed by atoms with van der Waals surface area (Å²) in [6.07, 6.45) is 2.70. The molecule has 7 heteroatoms. The standard InChI is InChI=1S/C19H18ClFN4O/c1-25-9-3-5-13(25)17-12(7-9)24-19(23)10(8-22)15(17)16-11(20)4-6-14(26-2)18(16)21/h4,6,9,13H,3,5,7H2,1-2H3,(H2,23,24)/t9-,13+/m0/s1. The number of nitrogens with zero attached hydrogens (tertiary/aromatic N) is 3. The number of nitrogen functional groups attached to an aromatic ring is 1. The van der Waals surface area contributed by atoms with Gasteiger partial charge in [-0.05, 0) is 32.0 Å². The smallest absolute Gasteiger partial charge is 0.174 e. The van der Waals surface area contributed by atoms with E-state index in [4.69, 9.17) is 22.1 Å². The van der Waals surface area contributed by atoms with Crippen molar-refractivity contribution in [2.45, 2.75) is 31.3 Å². The Hall–Kier alpha value is -2.36. The predicted molar refractivity (Wildman–Crippen MR) is 97.6 cm³/mol. The van der Waals surface area contributed by atoms with Crippen molar-refractivity contribution in [1.29, 1.82) is 5.26 Å². The van der Waals surface area contributed by atoms with E-state index in [0.29, 0.717) is 11.6 Å². The van der Waals surface area contributed by atoms with Crippen molar-refractivity contribution in [3.05, 3.63) is 39.8 Å². The van der Waals surface area contributed by atoms with Gasteiger partial charge in [0.05, 0.1) is 12.1 Å². The summed E-state index contributed by atoms with van der Waals surface area (Å²) in [6, 6.07) is 5.62. The Morgan fingerprint density at radius 2 is 2.15 bits per heavy atom. The molecule has 2 atom stereocenters. The lowest BCUT2D eigenvalue weighted by Gasteiger charge is -2.34. The molecule has 0 amide bonds. The van der Waals surface area contributed by atoms with Crippen LogP contribution in [0.25, 0.3) is 11.1 Å². The summed E-state index contributed by atoms with van der Waals surface area (Å²) in [4.78, 5) is 6.75. The van der Waals surface area contributed by atoms with Crippen molar-refractivity contribution >= 4 is 17.4 Å². The summed E-state index contributed by atoms with van der Waals surface area (Å²) >= 11 is 6.37. The number of hydrogen-bond acceptors (Lipinski definition) is 5. The topological polar surface area (TPSA) is 75.2 Å². The molecule has 2 aliphatic rings. The van der Waals surface area contributed by atoms with E-state index in [1.807, 2.05) is 0 Å². The van der Waals surface area contributed by atoms with E-state index in [0.717, 1.165) is 30.5 Å². The Morgan fingerprint density at radius 3 is 2.85 bits per heavy atom. The summed E-state index contributed by atoms with van der Waals surface area (Å²) in [6.45, 7) is 0. The number of nitrogens with two attached hydrogens (primary N) is 1. The van der Waals surface area contributed by atoms with Gasteiger partial charge in [-0.3, -0.25) is 4.90 Å². The van der Waals surface area contributed by atoms with Crippen LogP contribution in [0.5, 0.6) is 5.75 Å². The van der Waals surface area contributed by atoms with E-state index in [9.17, 15) is 5.26 Å². The number of nitriles is 1. The molecule has 2 aliphatic heterocycles. The number of methoxy groups -OCH3 is 1. The summed E-state index contributed by atoms with van der Waals surface area (Å²) < 4.78 is 20.3. The number of benzene rings is 1. The van der Waals surface area contributed by atoms with Crippen molar-refractivity contribution in [1.82, 2.24) is 9.88 Å². The number of ether oxygens (including phenoxy) is 1. The molecular weight excluding hydrogens is 355 g/mol. The van der Waals surface area contributed by atoms with Gasteiger partial charge in [-0.2, -0.15) is 5.26 Å². The van der Waals surface area contributed by atoms with Crippen LogP contribution in [-0.4, -0.2) is 30.1 Å². The van der Waals surface area contributed by atoms with E-state index in [-0.39, 0.29) is 33.8 Å². The van der Waals surface area contributed by atoms with Gasteiger partial charge in [0.1, 0.15) is 17.5 Å². The first kappa shape index (κ1) is 17.1. The minimum Gasteiger partial charge on any atom is -0.494 e. The number of hydrogen-bond donors (Lipinski definition) is 1. The molecule has 0 spiro atoms. The van der Waals surface area contributed by atoms with E-state index in [2.05, 4.69) is 23.0 Å². The summed E-state index contributed by atoms with van der Waals surface area (Å²) in [5.41, 5.74) is 8.54. The third-order valence-corrected chi connectivity index (χ3v) is 5.90. The second-order valence-corrected chi connectivity index (χ2v) is 7.18. The lowest BCUT2D eigenvalue weighted by molar-refractivity contribution is 0.222. The normalized spacial score (nSPS) is 21.3. The van der Waals surface area contributed by atoms with Crippen LogP contribution in [0.4, 0.5) is 10.2 Å². The minimum absolute atomic E-state index is 0.0700. The quantitative estimate of drug-likeness (QED) is 0.870. The number of likely N-dealkylation sites (N-methyl/N-ethyl adjacent to an activating group) is 1. The third kappa shape index (κ3) is 2.28. The zero-order valence-electron chi connectivity index (χ0n) is 14.5. The van der Waals surface area contributed by atoms with E-state index in [1.165, 1.54) is 13.2 Å². The van der Waals surface area contributed by atoms with Crippen LogP contribution in [0.3, 0.4) is 0 Å². The number of aromatic nitrogens is 1. The van der Waals surface area contributed by atoms with E-state index < -0.39 is 5.82 Å². The lowest BCUT2D eigenvalue weighted by atomic mass is 9.87. The van der Waals surface area contributed by atoms with Gasteiger partial charge in [-0.1, -0.05) is 11.6 Å². The van der Waals surface area contributed by atoms with Gasteiger partial charge in [-0.15, -0.1) is 0 Å². The summed E-state index contributed by atoms with van der Waals surface area (Å²) in [5.74, 6) is -0.401. The monoisotopic (exact) mass is 372 g/mol. The molecule has 1 aromatic heterocycles. The van der Waals surface area contributed by atoms with Crippen LogP contribution in [0.1, 0.15) is 35.7 Å². The Morgan fingerprint density at radius 1 is 1.38 bits per heavy atom. The second kappa shape index (κ2) is 6.11. The predicted octanol–water partition coefficient (Wildman–Crippen LogP) is 3.69. The molecule has 1 fully saturated rings. The lowest BCUT2D eigenvalue weighted by Crippen LogP contribution is -2.35. The number of rotatable bonds is 2. The largest absolute Gasteiger partial charge is 0.494 e. The van der Waals surface area contributed by atoms with Crippen molar-refractivity contribution in [3.63, 3.8) is 0 Å². The van der Waals surface area contributed by atoms with Crippen LogP contribution in [-0.2, 0) is 6.42 Å². The first-order valence-electron chi connectivity index (χ1n) is 8.44. The highest BCUT2D eigenvalue weighted by Gasteiger charge is 2.41. The van der Waals surface area contributed by atoms with Gasteiger partial charge in [-0.25, -0.2) is 9.37 Å². The highest BCUT2D eigenvalue weighted by Crippen LogP contribution is 2.50. The molecule has 4 rings (SSSR count). The van der Waals surface area contributed by atoms with Crippen LogP contribution in [0.15, 0.2) is 12.1 Å². The van der Waals surface area contributed by atoms with Gasteiger partial charge >= 0.3 is 0 Å². The van der Waals surface area contributed by atoms with Gasteiger partial charge in [0.2, 0.25) is 0 Å². The summed E-state index contributed by atoms with van der Waals surface area (Å²) in [5, 5.41) is 9.94. The fourth-order valence-electron chi connectivity index (χ4n) is 4.31. The average molecular weight is 373 g/mol. The van der Waals surface area contributed by atoms with E-state index >= 15 is 4.39 Å². The number of fused-ring (bicyclic) bond motifs is 4. The van der Waals surface area contributed by atoms with Gasteiger partial charge < -0.3 is 10.5 Å². The highest BCUT2D eigenvalue weighted by molar-refractivity contribution is 6.33. The van der Waals surface area contributed by atoms with Crippen LogP contribution < -0.4 is 10.5 Å². The van der Waals surface area contributed by atoms with Crippen molar-refractivity contribution < 1.29 is 9.13 Å². The number of anilines is 1. The molecule has 26 heavy (non-hydrogen) atoms. The first-order chi connectivity index (χ1) is 12.5. The van der Waals surface area contributed by atoms with Crippen LogP contribution in [0, 0.1) is 17.1 Å². The molecule has 0 unspecified atom stereocenters. The third-order valence-electron chi connectivity index (χ3n) is 5.58. The Bertz CT molecular complexity index is 956. The molecule has 1 saturated heterocycles. The number of halogens is 2. The molecular formula is C19H18ClFN4O. The number of pyridine rings is 1. The van der Waals surface area contributed by atoms with Gasteiger partial charge in [0.15, 0.2) is 11.6 Å². The first-order valence-corrected chi connectivity index (χ1v) is 8.82. The molecule has 5 nitrogen and oxygen atoms in total. The van der Waals surface area contributed by atoms with Crippen LogP contribution in [0.2, 0.25) is 5.02 Å². The van der Waals surface area contributed by atoms with Crippen molar-refractivity contribution in [3.8, 4) is 22.9 Å². The molecule has 2 aromatic rings.